The van der Waals surface area contributed by atoms with Crippen LogP contribution in [0.1, 0.15) is 11.1 Å². The lowest BCUT2D eigenvalue weighted by Crippen LogP contribution is -2.18. The molecule has 2 aromatic carbocycles. The molecule has 0 bridgehead atoms. The van der Waals surface area contributed by atoms with Gasteiger partial charge in [-0.3, -0.25) is 0 Å². The predicted molar refractivity (Wildman–Crippen MR) is 90.4 cm³/mol. The normalized spacial score (nSPS) is 11.4. The highest BCUT2D eigenvalue weighted by Crippen LogP contribution is 2.26. The van der Waals surface area contributed by atoms with Crippen LogP contribution in [0.25, 0.3) is 0 Å². The molecular weight excluding hydrogens is 403 g/mol. The number of nitrogens with one attached hydrogen (secondary N) is 1. The van der Waals surface area contributed by atoms with Gasteiger partial charge in [-0.2, -0.15) is 0 Å². The molecule has 25 heavy (non-hydrogen) atoms. The molecule has 0 aliphatic heterocycles. The van der Waals surface area contributed by atoms with Crippen LogP contribution in [-0.2, 0) is 13.2 Å². The summed E-state index contributed by atoms with van der Waals surface area (Å²) in [6.45, 7) is 1.06. The van der Waals surface area contributed by atoms with Crippen LogP contribution < -0.4 is 14.8 Å². The molecule has 2 N–H and O–H groups in total. The number of aliphatic hydroxyl groups excluding tert-OH is 1. The molecule has 0 spiro atoms. The lowest BCUT2D eigenvalue weighted by molar-refractivity contribution is -0.274. The van der Waals surface area contributed by atoms with Crippen molar-refractivity contribution < 1.29 is 27.8 Å². The highest BCUT2D eigenvalue weighted by Gasteiger charge is 2.31. The maximum Gasteiger partial charge on any atom is 0.573 e. The number of aliphatic hydroxyl groups is 1. The van der Waals surface area contributed by atoms with Crippen LogP contribution in [0.4, 0.5) is 13.2 Å². The molecule has 0 unspecified atom stereocenters. The largest absolute Gasteiger partial charge is 0.573 e. The summed E-state index contributed by atoms with van der Waals surface area (Å²) in [6.07, 6.45) is -4.73. The number of hydrogen-bond donors (Lipinski definition) is 2. The number of rotatable bonds is 8. The van der Waals surface area contributed by atoms with Crippen molar-refractivity contribution in [2.45, 2.75) is 19.5 Å². The molecule has 8 heteroatoms. The smallest absolute Gasteiger partial charge is 0.489 e. The van der Waals surface area contributed by atoms with Crippen molar-refractivity contribution in [3.8, 4) is 11.5 Å². The Morgan fingerprint density at radius 2 is 1.92 bits per heavy atom. The summed E-state index contributed by atoms with van der Waals surface area (Å²) < 4.78 is 47.4. The van der Waals surface area contributed by atoms with Crippen molar-refractivity contribution in [3.05, 3.63) is 58.1 Å². The second-order valence-electron chi connectivity index (χ2n) is 5.14. The van der Waals surface area contributed by atoms with E-state index in [1.54, 1.807) is 12.1 Å². The number of halogens is 4. The fourth-order valence-corrected chi connectivity index (χ4v) is 2.53. The van der Waals surface area contributed by atoms with Gasteiger partial charge in [-0.25, -0.2) is 0 Å². The zero-order chi connectivity index (χ0) is 18.3. The molecular formula is C17H17BrF3NO3. The van der Waals surface area contributed by atoms with Crippen LogP contribution in [0.3, 0.4) is 0 Å². The zero-order valence-electron chi connectivity index (χ0n) is 13.1. The molecule has 0 radical (unpaired) electrons. The first-order valence-corrected chi connectivity index (χ1v) is 8.24. The van der Waals surface area contributed by atoms with E-state index in [2.05, 4.69) is 26.0 Å². The fourth-order valence-electron chi connectivity index (χ4n) is 2.12. The van der Waals surface area contributed by atoms with Crippen LogP contribution in [0, 0.1) is 0 Å². The van der Waals surface area contributed by atoms with E-state index < -0.39 is 6.36 Å². The Hall–Kier alpha value is -1.77. The van der Waals surface area contributed by atoms with Gasteiger partial charge in [-0.1, -0.05) is 28.1 Å². The first kappa shape index (κ1) is 19.6. The summed E-state index contributed by atoms with van der Waals surface area (Å²) in [7, 11) is 0. The summed E-state index contributed by atoms with van der Waals surface area (Å²) in [5, 5.41) is 11.9. The van der Waals surface area contributed by atoms with Crippen LogP contribution in [0.15, 0.2) is 46.9 Å². The van der Waals surface area contributed by atoms with Crippen molar-refractivity contribution in [3.63, 3.8) is 0 Å². The van der Waals surface area contributed by atoms with Crippen LogP contribution in [0.5, 0.6) is 11.5 Å². The van der Waals surface area contributed by atoms with Crippen LogP contribution >= 0.6 is 15.9 Å². The lowest BCUT2D eigenvalue weighted by Gasteiger charge is -2.14. The van der Waals surface area contributed by atoms with Gasteiger partial charge in [0.25, 0.3) is 0 Å². The maximum atomic E-state index is 12.3. The molecule has 0 atom stereocenters. The van der Waals surface area contributed by atoms with Gasteiger partial charge in [0.2, 0.25) is 0 Å². The van der Waals surface area contributed by atoms with Gasteiger partial charge < -0.3 is 19.9 Å². The first-order valence-electron chi connectivity index (χ1n) is 7.45. The molecule has 0 aromatic heterocycles. The monoisotopic (exact) mass is 419 g/mol. The van der Waals surface area contributed by atoms with Gasteiger partial charge in [0.15, 0.2) is 0 Å². The van der Waals surface area contributed by atoms with E-state index in [1.807, 2.05) is 12.1 Å². The Labute approximate surface area is 151 Å². The van der Waals surface area contributed by atoms with Crippen molar-refractivity contribution in [2.75, 3.05) is 13.2 Å². The number of ether oxygens (including phenoxy) is 2. The molecule has 0 fully saturated rings. The molecule has 0 heterocycles. The second kappa shape index (κ2) is 9.07. The van der Waals surface area contributed by atoms with E-state index in [9.17, 15) is 13.2 Å². The molecule has 136 valence electrons. The van der Waals surface area contributed by atoms with E-state index in [1.165, 1.54) is 18.2 Å². The summed E-state index contributed by atoms with van der Waals surface area (Å²) in [4.78, 5) is 0. The topological polar surface area (TPSA) is 50.7 Å². The molecule has 0 saturated heterocycles. The van der Waals surface area contributed by atoms with Gasteiger partial charge in [0.1, 0.15) is 18.1 Å². The molecule has 4 nitrogen and oxygen atoms in total. The summed E-state index contributed by atoms with van der Waals surface area (Å²) in [5.74, 6) is 0.324. The van der Waals surface area contributed by atoms with Gasteiger partial charge >= 0.3 is 6.36 Å². The van der Waals surface area contributed by atoms with Crippen molar-refractivity contribution in [1.82, 2.24) is 5.32 Å². The second-order valence-corrected chi connectivity index (χ2v) is 6.05. The Balaban J connectivity index is 2.04. The maximum absolute atomic E-state index is 12.3. The van der Waals surface area contributed by atoms with Crippen LogP contribution in [-0.4, -0.2) is 24.6 Å². The SMILES string of the molecule is OCCNCc1cc(Br)ccc1OCc1cccc(OC(F)(F)F)c1. The molecule has 0 aliphatic rings. The average Bonchev–Trinajstić information content (AvgIpc) is 2.53. The lowest BCUT2D eigenvalue weighted by atomic mass is 10.2. The molecule has 2 rings (SSSR count). The Morgan fingerprint density at radius 3 is 2.64 bits per heavy atom. The van der Waals surface area contributed by atoms with Crippen molar-refractivity contribution in [1.29, 1.82) is 0 Å². The minimum Gasteiger partial charge on any atom is -0.489 e. The van der Waals surface area contributed by atoms with E-state index in [0.717, 1.165) is 10.0 Å². The molecule has 2 aromatic rings. The Bertz CT molecular complexity index is 695. The standard InChI is InChI=1S/C17H17BrF3NO3/c18-14-4-5-16(13(9-14)10-22-6-7-23)24-11-12-2-1-3-15(8-12)25-17(19,20)21/h1-5,8-9,22-23H,6-7,10-11H2. The first-order chi connectivity index (χ1) is 11.9. The summed E-state index contributed by atoms with van der Waals surface area (Å²) in [5.41, 5.74) is 1.42. The van der Waals surface area contributed by atoms with Gasteiger partial charge in [0, 0.05) is 23.1 Å². The Kier molecular flexibility index (Phi) is 7.10. The summed E-state index contributed by atoms with van der Waals surface area (Å²) >= 11 is 3.38. The third kappa shape index (κ3) is 6.93. The predicted octanol–water partition coefficient (Wildman–Crippen LogP) is 4.01. The minimum atomic E-state index is -4.73. The number of hydrogen-bond acceptors (Lipinski definition) is 4. The van der Waals surface area contributed by atoms with E-state index in [4.69, 9.17) is 9.84 Å². The van der Waals surface area contributed by atoms with Crippen molar-refractivity contribution >= 4 is 15.9 Å². The highest BCUT2D eigenvalue weighted by atomic mass is 79.9. The Morgan fingerprint density at radius 1 is 1.12 bits per heavy atom. The van der Waals surface area contributed by atoms with E-state index in [0.29, 0.717) is 24.4 Å². The van der Waals surface area contributed by atoms with Gasteiger partial charge in [-0.05, 0) is 35.9 Å². The third-order valence-corrected chi connectivity index (χ3v) is 3.65. The van der Waals surface area contributed by atoms with E-state index >= 15 is 0 Å². The number of alkyl halides is 3. The quantitative estimate of drug-likeness (QED) is 0.634. The molecule has 0 amide bonds. The van der Waals surface area contributed by atoms with E-state index in [-0.39, 0.29) is 19.0 Å². The third-order valence-electron chi connectivity index (χ3n) is 3.15. The zero-order valence-corrected chi connectivity index (χ0v) is 14.7. The van der Waals surface area contributed by atoms with Gasteiger partial charge in [0.05, 0.1) is 6.61 Å². The fraction of sp³-hybridized carbons (Fsp3) is 0.294. The number of benzene rings is 2. The minimum absolute atomic E-state index is 0.0240. The summed E-state index contributed by atoms with van der Waals surface area (Å²) in [6, 6.07) is 11.1. The molecule has 0 aliphatic carbocycles. The van der Waals surface area contributed by atoms with Crippen LogP contribution in [0.2, 0.25) is 0 Å². The van der Waals surface area contributed by atoms with Gasteiger partial charge in [-0.15, -0.1) is 13.2 Å². The molecule has 0 saturated carbocycles. The average molecular weight is 420 g/mol. The highest BCUT2D eigenvalue weighted by molar-refractivity contribution is 9.10. The van der Waals surface area contributed by atoms with Crippen molar-refractivity contribution in [2.24, 2.45) is 0 Å².